The fraction of sp³-hybridized carbons (Fsp3) is 0.182. The van der Waals surface area contributed by atoms with E-state index < -0.39 is 0 Å². The van der Waals surface area contributed by atoms with E-state index in [0.717, 1.165) is 28.1 Å². The molecule has 30 heavy (non-hydrogen) atoms. The van der Waals surface area contributed by atoms with Crippen LogP contribution in [0.1, 0.15) is 11.1 Å². The second-order valence-electron chi connectivity index (χ2n) is 6.77. The number of rotatable bonds is 6. The summed E-state index contributed by atoms with van der Waals surface area (Å²) >= 11 is 0. The number of methoxy groups -OCH3 is 1. The summed E-state index contributed by atoms with van der Waals surface area (Å²) in [6, 6.07) is 17.0. The Hall–Kier alpha value is -3.94. The third-order valence-electron chi connectivity index (χ3n) is 4.82. The van der Waals surface area contributed by atoms with Crippen molar-refractivity contribution in [1.29, 1.82) is 0 Å². The molecule has 8 nitrogen and oxygen atoms in total. The average molecular weight is 403 g/mol. The lowest BCUT2D eigenvalue weighted by molar-refractivity contribution is 0.304. The van der Waals surface area contributed by atoms with Gasteiger partial charge in [0.15, 0.2) is 0 Å². The van der Waals surface area contributed by atoms with E-state index in [9.17, 15) is 4.79 Å². The predicted octanol–water partition coefficient (Wildman–Crippen LogP) is 2.92. The standard InChI is InChI=1S/C22H21N5O3/c1-15-6-4-9-21(27-22(28)26(2)24-25-27)19(15)14-30-18-10-11-23-20(13-18)16-7-5-8-17(12-16)29-3/h4-13H,14H2,1-3H3. The van der Waals surface area contributed by atoms with Crippen molar-refractivity contribution in [3.8, 4) is 28.4 Å². The maximum Gasteiger partial charge on any atom is 0.368 e. The lowest BCUT2D eigenvalue weighted by Gasteiger charge is -2.13. The van der Waals surface area contributed by atoms with Gasteiger partial charge in [-0.25, -0.2) is 4.79 Å². The molecule has 0 atom stereocenters. The minimum Gasteiger partial charge on any atom is -0.497 e. The molecule has 4 rings (SSSR count). The van der Waals surface area contributed by atoms with Crippen LogP contribution in [0.3, 0.4) is 0 Å². The molecule has 2 heterocycles. The monoisotopic (exact) mass is 403 g/mol. The van der Waals surface area contributed by atoms with Crippen molar-refractivity contribution < 1.29 is 9.47 Å². The molecule has 0 aliphatic carbocycles. The summed E-state index contributed by atoms with van der Waals surface area (Å²) in [6.45, 7) is 2.24. The number of pyridine rings is 1. The zero-order valence-electron chi connectivity index (χ0n) is 16.9. The van der Waals surface area contributed by atoms with Crippen LogP contribution in [0.5, 0.6) is 11.5 Å². The first kappa shape index (κ1) is 19.4. The number of hydrogen-bond acceptors (Lipinski definition) is 6. The number of ether oxygens (including phenoxy) is 2. The molecule has 0 unspecified atom stereocenters. The Labute approximate surface area is 173 Å². The van der Waals surface area contributed by atoms with Crippen LogP contribution in [-0.2, 0) is 13.7 Å². The van der Waals surface area contributed by atoms with Gasteiger partial charge in [-0.15, -0.1) is 0 Å². The van der Waals surface area contributed by atoms with Gasteiger partial charge in [0.2, 0.25) is 0 Å². The van der Waals surface area contributed by atoms with Gasteiger partial charge in [0.05, 0.1) is 18.5 Å². The van der Waals surface area contributed by atoms with Crippen LogP contribution >= 0.6 is 0 Å². The molecule has 0 fully saturated rings. The van der Waals surface area contributed by atoms with Gasteiger partial charge in [-0.2, -0.15) is 9.36 Å². The van der Waals surface area contributed by atoms with Gasteiger partial charge in [0, 0.05) is 30.4 Å². The Morgan fingerprint density at radius 3 is 2.60 bits per heavy atom. The molecule has 0 spiro atoms. The van der Waals surface area contributed by atoms with E-state index in [-0.39, 0.29) is 12.3 Å². The highest BCUT2D eigenvalue weighted by Crippen LogP contribution is 2.26. The van der Waals surface area contributed by atoms with E-state index in [0.29, 0.717) is 11.4 Å². The number of nitrogens with zero attached hydrogens (tertiary/aromatic N) is 5. The maximum atomic E-state index is 12.3. The smallest absolute Gasteiger partial charge is 0.368 e. The molecule has 0 aliphatic heterocycles. The van der Waals surface area contributed by atoms with E-state index in [1.807, 2.05) is 55.5 Å². The quantitative estimate of drug-likeness (QED) is 0.492. The Morgan fingerprint density at radius 2 is 1.83 bits per heavy atom. The molecule has 8 heteroatoms. The molecule has 0 N–H and O–H groups in total. The van der Waals surface area contributed by atoms with Crippen molar-refractivity contribution >= 4 is 0 Å². The summed E-state index contributed by atoms with van der Waals surface area (Å²) in [5, 5.41) is 7.75. The molecule has 0 bridgehead atoms. The third-order valence-corrected chi connectivity index (χ3v) is 4.82. The van der Waals surface area contributed by atoms with Crippen molar-refractivity contribution in [3.05, 3.63) is 82.4 Å². The van der Waals surface area contributed by atoms with E-state index >= 15 is 0 Å². The highest BCUT2D eigenvalue weighted by atomic mass is 16.5. The van der Waals surface area contributed by atoms with Crippen LogP contribution < -0.4 is 15.2 Å². The van der Waals surface area contributed by atoms with Crippen LogP contribution in [0.15, 0.2) is 65.6 Å². The van der Waals surface area contributed by atoms with Gasteiger partial charge in [0.25, 0.3) is 0 Å². The summed E-state index contributed by atoms with van der Waals surface area (Å²) in [4.78, 5) is 16.7. The molecule has 0 saturated heterocycles. The van der Waals surface area contributed by atoms with Crippen LogP contribution in [-0.4, -0.2) is 31.9 Å². The molecule has 2 aromatic heterocycles. The van der Waals surface area contributed by atoms with Crippen molar-refractivity contribution in [3.63, 3.8) is 0 Å². The average Bonchev–Trinajstić information content (AvgIpc) is 3.11. The second kappa shape index (κ2) is 8.20. The summed E-state index contributed by atoms with van der Waals surface area (Å²) in [5.41, 5.74) is 3.90. The molecule has 0 aliphatic rings. The normalized spacial score (nSPS) is 10.8. The number of hydrogen-bond donors (Lipinski definition) is 0. The van der Waals surface area contributed by atoms with Crippen molar-refractivity contribution in [2.45, 2.75) is 13.5 Å². The van der Waals surface area contributed by atoms with Gasteiger partial charge in [0.1, 0.15) is 18.1 Å². The van der Waals surface area contributed by atoms with Gasteiger partial charge in [-0.1, -0.05) is 24.3 Å². The Bertz CT molecular complexity index is 1250. The third kappa shape index (κ3) is 3.80. The van der Waals surface area contributed by atoms with Gasteiger partial charge in [-0.05, 0) is 47.2 Å². The maximum absolute atomic E-state index is 12.3. The Balaban J connectivity index is 1.62. The van der Waals surface area contributed by atoms with Crippen LogP contribution in [0, 0.1) is 6.92 Å². The predicted molar refractivity (Wildman–Crippen MR) is 112 cm³/mol. The van der Waals surface area contributed by atoms with E-state index in [2.05, 4.69) is 15.4 Å². The highest BCUT2D eigenvalue weighted by Gasteiger charge is 2.14. The van der Waals surface area contributed by atoms with Crippen molar-refractivity contribution in [1.82, 2.24) is 24.8 Å². The largest absolute Gasteiger partial charge is 0.497 e. The molecule has 2 aromatic carbocycles. The van der Waals surface area contributed by atoms with Crippen LogP contribution in [0.25, 0.3) is 16.9 Å². The lowest BCUT2D eigenvalue weighted by atomic mass is 10.1. The fourth-order valence-corrected chi connectivity index (χ4v) is 3.13. The summed E-state index contributed by atoms with van der Waals surface area (Å²) in [5.74, 6) is 1.43. The SMILES string of the molecule is COc1cccc(-c2cc(OCc3c(C)cccc3-n3nnn(C)c3=O)ccn2)c1. The Kier molecular flexibility index (Phi) is 5.30. The fourth-order valence-electron chi connectivity index (χ4n) is 3.13. The summed E-state index contributed by atoms with van der Waals surface area (Å²) < 4.78 is 13.8. The van der Waals surface area contributed by atoms with E-state index in [1.54, 1.807) is 26.4 Å². The molecule has 0 radical (unpaired) electrons. The molecule has 0 amide bonds. The van der Waals surface area contributed by atoms with Crippen LogP contribution in [0.2, 0.25) is 0 Å². The van der Waals surface area contributed by atoms with E-state index in [4.69, 9.17) is 9.47 Å². The number of aromatic nitrogens is 5. The molecular formula is C22H21N5O3. The molecule has 152 valence electrons. The number of tetrazole rings is 1. The molecule has 4 aromatic rings. The van der Waals surface area contributed by atoms with Gasteiger partial charge < -0.3 is 9.47 Å². The lowest BCUT2D eigenvalue weighted by Crippen LogP contribution is -2.23. The second-order valence-corrected chi connectivity index (χ2v) is 6.77. The summed E-state index contributed by atoms with van der Waals surface area (Å²) in [6.07, 6.45) is 1.70. The van der Waals surface area contributed by atoms with Crippen molar-refractivity contribution in [2.24, 2.45) is 7.05 Å². The molecule has 0 saturated carbocycles. The number of benzene rings is 2. The topological polar surface area (TPSA) is 84.1 Å². The first-order valence-electron chi connectivity index (χ1n) is 9.38. The minimum atomic E-state index is -0.314. The zero-order chi connectivity index (χ0) is 21.1. The van der Waals surface area contributed by atoms with Crippen LogP contribution in [0.4, 0.5) is 0 Å². The summed E-state index contributed by atoms with van der Waals surface area (Å²) in [7, 11) is 3.20. The van der Waals surface area contributed by atoms with Gasteiger partial charge >= 0.3 is 5.69 Å². The zero-order valence-corrected chi connectivity index (χ0v) is 16.9. The van der Waals surface area contributed by atoms with E-state index in [1.165, 1.54) is 9.36 Å². The molecular weight excluding hydrogens is 382 g/mol. The van der Waals surface area contributed by atoms with Gasteiger partial charge in [-0.3, -0.25) is 4.98 Å². The number of aryl methyl sites for hydroxylation is 2. The minimum absolute atomic E-state index is 0.270. The first-order chi connectivity index (χ1) is 14.6. The highest BCUT2D eigenvalue weighted by molar-refractivity contribution is 5.62. The Morgan fingerprint density at radius 1 is 1.00 bits per heavy atom. The first-order valence-corrected chi connectivity index (χ1v) is 9.38. The van der Waals surface area contributed by atoms with Crippen molar-refractivity contribution in [2.75, 3.05) is 7.11 Å².